The molecule has 0 spiro atoms. The topological polar surface area (TPSA) is 73.0 Å². The van der Waals surface area contributed by atoms with Gasteiger partial charge in [-0.05, 0) is 32.3 Å². The van der Waals surface area contributed by atoms with E-state index in [2.05, 4.69) is 27.7 Å². The minimum Gasteiger partial charge on any atom is -0.360 e. The van der Waals surface area contributed by atoms with Crippen LogP contribution in [0, 0.1) is 13.8 Å². The molecule has 0 bridgehead atoms. The highest BCUT2D eigenvalue weighted by molar-refractivity contribution is 5.92. The summed E-state index contributed by atoms with van der Waals surface area (Å²) in [5.74, 6) is 1.05. The van der Waals surface area contributed by atoms with Crippen LogP contribution in [0.2, 0.25) is 0 Å². The van der Waals surface area contributed by atoms with Crippen molar-refractivity contribution in [2.75, 3.05) is 0 Å². The van der Waals surface area contributed by atoms with E-state index in [0.29, 0.717) is 18.2 Å². The SMILES string of the molecule is Cc1nn(Cc2ccccc2)c(C)c1CNC(=O)c1cc(C2CC2)on1. The predicted octanol–water partition coefficient (Wildman–Crippen LogP) is 3.34. The first-order chi connectivity index (χ1) is 12.6. The zero-order valence-electron chi connectivity index (χ0n) is 15.0. The number of rotatable bonds is 6. The van der Waals surface area contributed by atoms with Crippen LogP contribution in [0.1, 0.15) is 57.5 Å². The molecular formula is C20H22N4O2. The maximum Gasteiger partial charge on any atom is 0.273 e. The van der Waals surface area contributed by atoms with Gasteiger partial charge >= 0.3 is 0 Å². The Balaban J connectivity index is 1.43. The minimum atomic E-state index is -0.213. The van der Waals surface area contributed by atoms with Crippen molar-refractivity contribution in [2.24, 2.45) is 0 Å². The number of aryl methyl sites for hydroxylation is 1. The lowest BCUT2D eigenvalue weighted by atomic mass is 10.2. The van der Waals surface area contributed by atoms with Crippen molar-refractivity contribution >= 4 is 5.91 Å². The minimum absolute atomic E-state index is 0.213. The highest BCUT2D eigenvalue weighted by atomic mass is 16.5. The summed E-state index contributed by atoms with van der Waals surface area (Å²) in [5, 5.41) is 11.4. The first kappa shape index (κ1) is 16.6. The van der Waals surface area contributed by atoms with E-state index in [0.717, 1.165) is 42.1 Å². The molecule has 3 aromatic rings. The number of carbonyl (C=O) groups is 1. The van der Waals surface area contributed by atoms with E-state index < -0.39 is 0 Å². The molecule has 1 aliphatic rings. The second-order valence-corrected chi connectivity index (χ2v) is 6.86. The molecule has 26 heavy (non-hydrogen) atoms. The Labute approximate surface area is 152 Å². The molecule has 1 fully saturated rings. The fourth-order valence-electron chi connectivity index (χ4n) is 3.12. The maximum atomic E-state index is 12.3. The van der Waals surface area contributed by atoms with Gasteiger partial charge in [-0.25, -0.2) is 0 Å². The van der Waals surface area contributed by atoms with Crippen LogP contribution in [-0.4, -0.2) is 20.8 Å². The fraction of sp³-hybridized carbons (Fsp3) is 0.350. The molecule has 6 nitrogen and oxygen atoms in total. The predicted molar refractivity (Wildman–Crippen MR) is 96.9 cm³/mol. The Bertz CT molecular complexity index is 923. The number of benzene rings is 1. The van der Waals surface area contributed by atoms with Gasteiger partial charge in [-0.15, -0.1) is 0 Å². The Morgan fingerprint density at radius 3 is 2.77 bits per heavy atom. The second kappa shape index (κ2) is 6.78. The smallest absolute Gasteiger partial charge is 0.273 e. The molecule has 4 rings (SSSR count). The lowest BCUT2D eigenvalue weighted by Crippen LogP contribution is -2.23. The van der Waals surface area contributed by atoms with Crippen LogP contribution in [0.5, 0.6) is 0 Å². The van der Waals surface area contributed by atoms with Gasteiger partial charge in [0.15, 0.2) is 5.69 Å². The fourth-order valence-corrected chi connectivity index (χ4v) is 3.12. The van der Waals surface area contributed by atoms with E-state index in [1.807, 2.05) is 36.7 Å². The van der Waals surface area contributed by atoms with Crippen molar-refractivity contribution in [1.29, 1.82) is 0 Å². The van der Waals surface area contributed by atoms with Crippen LogP contribution < -0.4 is 5.32 Å². The molecular weight excluding hydrogens is 328 g/mol. The van der Waals surface area contributed by atoms with E-state index in [4.69, 9.17) is 4.52 Å². The van der Waals surface area contributed by atoms with Gasteiger partial charge in [0.05, 0.1) is 12.2 Å². The molecule has 0 radical (unpaired) electrons. The number of nitrogens with one attached hydrogen (secondary N) is 1. The Kier molecular flexibility index (Phi) is 4.32. The third-order valence-electron chi connectivity index (χ3n) is 4.87. The zero-order valence-corrected chi connectivity index (χ0v) is 15.0. The Morgan fingerprint density at radius 1 is 1.27 bits per heavy atom. The van der Waals surface area contributed by atoms with Crippen molar-refractivity contribution in [1.82, 2.24) is 20.3 Å². The van der Waals surface area contributed by atoms with Crippen molar-refractivity contribution in [3.63, 3.8) is 0 Å². The van der Waals surface area contributed by atoms with Gasteiger partial charge in [0.25, 0.3) is 5.91 Å². The average molecular weight is 350 g/mol. The molecule has 1 N–H and O–H groups in total. The molecule has 0 saturated heterocycles. The van der Waals surface area contributed by atoms with Gasteiger partial charge in [0, 0.05) is 29.8 Å². The summed E-state index contributed by atoms with van der Waals surface area (Å²) in [5.41, 5.74) is 4.57. The van der Waals surface area contributed by atoms with Crippen LogP contribution >= 0.6 is 0 Å². The Hall–Kier alpha value is -2.89. The summed E-state index contributed by atoms with van der Waals surface area (Å²) < 4.78 is 7.23. The van der Waals surface area contributed by atoms with Crippen molar-refractivity contribution in [3.05, 3.63) is 70.4 Å². The quantitative estimate of drug-likeness (QED) is 0.740. The average Bonchev–Trinajstić information content (AvgIpc) is 3.31. The largest absolute Gasteiger partial charge is 0.360 e. The molecule has 1 aliphatic carbocycles. The molecule has 134 valence electrons. The lowest BCUT2D eigenvalue weighted by Gasteiger charge is -2.06. The van der Waals surface area contributed by atoms with Crippen LogP contribution in [-0.2, 0) is 13.1 Å². The van der Waals surface area contributed by atoms with Gasteiger partial charge in [-0.3, -0.25) is 9.48 Å². The number of carbonyl (C=O) groups excluding carboxylic acids is 1. The number of aromatic nitrogens is 3. The molecule has 2 aromatic heterocycles. The maximum absolute atomic E-state index is 12.3. The second-order valence-electron chi connectivity index (χ2n) is 6.86. The summed E-state index contributed by atoms with van der Waals surface area (Å²) in [6, 6.07) is 12.0. The molecule has 0 atom stereocenters. The van der Waals surface area contributed by atoms with Crippen LogP contribution in [0.15, 0.2) is 40.9 Å². The van der Waals surface area contributed by atoms with E-state index in [1.54, 1.807) is 6.07 Å². The summed E-state index contributed by atoms with van der Waals surface area (Å²) in [4.78, 5) is 12.3. The van der Waals surface area contributed by atoms with Crippen LogP contribution in [0.4, 0.5) is 0 Å². The van der Waals surface area contributed by atoms with E-state index in [-0.39, 0.29) is 5.91 Å². The molecule has 1 aromatic carbocycles. The van der Waals surface area contributed by atoms with Crippen molar-refractivity contribution < 1.29 is 9.32 Å². The summed E-state index contributed by atoms with van der Waals surface area (Å²) in [7, 11) is 0. The van der Waals surface area contributed by atoms with Gasteiger partial charge < -0.3 is 9.84 Å². The van der Waals surface area contributed by atoms with E-state index >= 15 is 0 Å². The first-order valence-corrected chi connectivity index (χ1v) is 8.93. The Morgan fingerprint density at radius 2 is 2.04 bits per heavy atom. The van der Waals surface area contributed by atoms with E-state index in [9.17, 15) is 4.79 Å². The first-order valence-electron chi connectivity index (χ1n) is 8.93. The number of hydrogen-bond donors (Lipinski definition) is 1. The van der Waals surface area contributed by atoms with Gasteiger partial charge in [0.2, 0.25) is 0 Å². The van der Waals surface area contributed by atoms with Gasteiger partial charge in [0.1, 0.15) is 5.76 Å². The highest BCUT2D eigenvalue weighted by Gasteiger charge is 2.28. The molecule has 2 heterocycles. The third-order valence-corrected chi connectivity index (χ3v) is 4.87. The summed E-state index contributed by atoms with van der Waals surface area (Å²) in [6.07, 6.45) is 2.24. The van der Waals surface area contributed by atoms with Crippen molar-refractivity contribution in [3.8, 4) is 0 Å². The highest BCUT2D eigenvalue weighted by Crippen LogP contribution is 2.40. The molecule has 0 unspecified atom stereocenters. The van der Waals surface area contributed by atoms with E-state index in [1.165, 1.54) is 5.56 Å². The van der Waals surface area contributed by atoms with Gasteiger partial charge in [-0.1, -0.05) is 35.5 Å². The summed E-state index contributed by atoms with van der Waals surface area (Å²) >= 11 is 0. The molecule has 0 aliphatic heterocycles. The third kappa shape index (κ3) is 3.40. The molecule has 1 saturated carbocycles. The van der Waals surface area contributed by atoms with Gasteiger partial charge in [-0.2, -0.15) is 5.10 Å². The number of hydrogen-bond acceptors (Lipinski definition) is 4. The zero-order chi connectivity index (χ0) is 18.1. The number of nitrogens with zero attached hydrogens (tertiary/aromatic N) is 3. The molecule has 6 heteroatoms. The number of amides is 1. The van der Waals surface area contributed by atoms with Crippen LogP contribution in [0.3, 0.4) is 0 Å². The monoisotopic (exact) mass is 350 g/mol. The standard InChI is InChI=1S/C20H22N4O2/c1-13-17(14(2)24(22-13)12-15-6-4-3-5-7-15)11-21-20(25)18-10-19(26-23-18)16-8-9-16/h3-7,10,16H,8-9,11-12H2,1-2H3,(H,21,25). The summed E-state index contributed by atoms with van der Waals surface area (Å²) in [6.45, 7) is 5.15. The van der Waals surface area contributed by atoms with Crippen molar-refractivity contribution in [2.45, 2.75) is 45.7 Å². The lowest BCUT2D eigenvalue weighted by molar-refractivity contribution is 0.0941. The normalized spacial score (nSPS) is 13.8. The molecule has 1 amide bonds. The van der Waals surface area contributed by atoms with Crippen LogP contribution in [0.25, 0.3) is 0 Å².